The third kappa shape index (κ3) is 5.00. The first-order valence-electron chi connectivity index (χ1n) is 16.1. The largest absolute Gasteiger partial charge is 0.179 e. The molecule has 0 saturated carbocycles. The van der Waals surface area contributed by atoms with Crippen LogP contribution in [0.4, 0.5) is 0 Å². The minimum Gasteiger partial charge on any atom is -0.0624 e. The molecule has 0 bridgehead atoms. The Kier molecular flexibility index (Phi) is 8.23. The number of benzene rings is 7. The summed E-state index contributed by atoms with van der Waals surface area (Å²) in [6.07, 6.45) is 0. The Hall–Kier alpha value is -5.03. The van der Waals surface area contributed by atoms with Gasteiger partial charge in [-0.3, -0.25) is 0 Å². The third-order valence-electron chi connectivity index (χ3n) is 9.46. The van der Waals surface area contributed by atoms with E-state index in [-0.39, 0.29) is 0 Å². The zero-order valence-corrected chi connectivity index (χ0v) is 28.5. The van der Waals surface area contributed by atoms with Crippen LogP contribution in [0.2, 0.25) is 0 Å². The van der Waals surface area contributed by atoms with E-state index in [1.54, 1.807) is 0 Å². The van der Waals surface area contributed by atoms with Crippen LogP contribution in [0.1, 0.15) is 11.1 Å². The molecule has 0 radical (unpaired) electrons. The van der Waals surface area contributed by atoms with Crippen molar-refractivity contribution >= 4 is 57.6 Å². The minimum atomic E-state index is -2.86. The summed E-state index contributed by atoms with van der Waals surface area (Å²) in [7, 11) is -5.73. The van der Waals surface area contributed by atoms with Gasteiger partial charge in [-0.25, -0.2) is 0 Å². The van der Waals surface area contributed by atoms with Crippen LogP contribution in [-0.4, -0.2) is 16.1 Å². The van der Waals surface area contributed by atoms with E-state index >= 15 is 0 Å². The molecule has 7 rings (SSSR count). The van der Waals surface area contributed by atoms with Crippen LogP contribution in [0.3, 0.4) is 0 Å². The van der Waals surface area contributed by atoms with Crippen LogP contribution in [0.15, 0.2) is 194 Å². The second kappa shape index (κ2) is 12.8. The van der Waals surface area contributed by atoms with Crippen LogP contribution in [0.5, 0.6) is 0 Å². The molecule has 0 spiro atoms. The Balaban J connectivity index is 1.72. The van der Waals surface area contributed by atoms with Crippen molar-refractivity contribution in [2.75, 3.05) is 0 Å². The first kappa shape index (κ1) is 29.7. The molecular formula is C44H38Si2. The molecule has 2 heteroatoms. The summed E-state index contributed by atoms with van der Waals surface area (Å²) < 4.78 is 0. The highest BCUT2D eigenvalue weighted by Gasteiger charge is 2.49. The van der Waals surface area contributed by atoms with E-state index in [0.717, 1.165) is 0 Å². The Labute approximate surface area is 275 Å². The Bertz CT molecular complexity index is 1820. The summed E-state index contributed by atoms with van der Waals surface area (Å²) in [5.74, 6) is 0. The monoisotopic (exact) mass is 622 g/mol. The van der Waals surface area contributed by atoms with Gasteiger partial charge in [0.05, 0.1) is 0 Å². The average Bonchev–Trinajstić information content (AvgIpc) is 3.12. The fourth-order valence-electron chi connectivity index (χ4n) is 7.58. The summed E-state index contributed by atoms with van der Waals surface area (Å²) in [5, 5.41) is 11.3. The zero-order valence-electron chi connectivity index (χ0n) is 26.5. The molecule has 0 saturated heterocycles. The predicted molar refractivity (Wildman–Crippen MR) is 203 cm³/mol. The molecule has 222 valence electrons. The summed E-state index contributed by atoms with van der Waals surface area (Å²) in [6, 6.07) is 73.4. The van der Waals surface area contributed by atoms with Crippen molar-refractivity contribution in [2.45, 2.75) is 13.8 Å². The molecule has 0 aliphatic heterocycles. The topological polar surface area (TPSA) is 0 Å². The van der Waals surface area contributed by atoms with Gasteiger partial charge in [0.2, 0.25) is 0 Å². The quantitative estimate of drug-likeness (QED) is 0.164. The van der Waals surface area contributed by atoms with Gasteiger partial charge in [0, 0.05) is 0 Å². The molecule has 0 amide bonds. The van der Waals surface area contributed by atoms with E-state index < -0.39 is 16.1 Å². The molecule has 0 aliphatic rings. The second-order valence-electron chi connectivity index (χ2n) is 12.2. The summed E-state index contributed by atoms with van der Waals surface area (Å²) >= 11 is 0. The molecule has 0 fully saturated rings. The van der Waals surface area contributed by atoms with Crippen molar-refractivity contribution in [3.05, 3.63) is 205 Å². The lowest BCUT2D eigenvalue weighted by molar-refractivity contribution is 1.49. The summed E-state index contributed by atoms with van der Waals surface area (Å²) in [5.41, 5.74) is 2.57. The average molecular weight is 623 g/mol. The maximum atomic E-state index is 2.47. The first-order chi connectivity index (χ1) is 22.6. The highest BCUT2D eigenvalue weighted by molar-refractivity contribution is 7.27. The third-order valence-corrected chi connectivity index (χ3v) is 19.4. The van der Waals surface area contributed by atoms with Gasteiger partial charge < -0.3 is 0 Å². The highest BCUT2D eigenvalue weighted by Crippen LogP contribution is 2.15. The van der Waals surface area contributed by atoms with Gasteiger partial charge in [0.15, 0.2) is 16.1 Å². The number of hydrogen-bond donors (Lipinski definition) is 0. The molecule has 0 atom stereocenters. The van der Waals surface area contributed by atoms with Crippen molar-refractivity contribution in [3.63, 3.8) is 0 Å². The standard InChI is InChI=1S/C44H38Si2/c1-35-19-17-29-41(33-35)45(37-21-7-3-8-22-37,38-23-9-4-10-24-38)43-31-15-16-32-44(43)46(39-25-11-5-12-26-39,40-27-13-6-14-28-40)42-30-18-20-36(2)34-42/h3-34H,1-2H3. The van der Waals surface area contributed by atoms with Crippen LogP contribution in [0.25, 0.3) is 0 Å². The van der Waals surface area contributed by atoms with E-state index in [2.05, 4.69) is 208 Å². The lowest BCUT2D eigenvalue weighted by Gasteiger charge is -2.42. The molecule has 0 aliphatic carbocycles. The van der Waals surface area contributed by atoms with Crippen molar-refractivity contribution in [1.29, 1.82) is 0 Å². The molecule has 0 aromatic heterocycles. The molecule has 46 heavy (non-hydrogen) atoms. The maximum Gasteiger partial charge on any atom is 0.179 e. The number of rotatable bonds is 8. The van der Waals surface area contributed by atoms with E-state index in [4.69, 9.17) is 0 Å². The van der Waals surface area contributed by atoms with Crippen LogP contribution in [0, 0.1) is 13.8 Å². The van der Waals surface area contributed by atoms with E-state index in [0.29, 0.717) is 0 Å². The Morgan fingerprint density at radius 1 is 0.261 bits per heavy atom. The van der Waals surface area contributed by atoms with Gasteiger partial charge in [0.25, 0.3) is 0 Å². The van der Waals surface area contributed by atoms with Gasteiger partial charge in [-0.2, -0.15) is 0 Å². The van der Waals surface area contributed by atoms with E-state index in [9.17, 15) is 0 Å². The first-order valence-corrected chi connectivity index (χ1v) is 20.1. The fourth-order valence-corrected chi connectivity index (χ4v) is 18.6. The van der Waals surface area contributed by atoms with Crippen LogP contribution in [-0.2, 0) is 0 Å². The van der Waals surface area contributed by atoms with Crippen LogP contribution >= 0.6 is 0 Å². The van der Waals surface area contributed by atoms with Crippen molar-refractivity contribution in [1.82, 2.24) is 0 Å². The molecule has 0 N–H and O–H groups in total. The van der Waals surface area contributed by atoms with E-state index in [1.165, 1.54) is 52.6 Å². The molecule has 0 nitrogen and oxygen atoms in total. The van der Waals surface area contributed by atoms with Gasteiger partial charge in [-0.15, -0.1) is 0 Å². The van der Waals surface area contributed by atoms with E-state index in [1.807, 2.05) is 0 Å². The van der Waals surface area contributed by atoms with Gasteiger partial charge in [0.1, 0.15) is 0 Å². The fraction of sp³-hybridized carbons (Fsp3) is 0.0455. The van der Waals surface area contributed by atoms with Crippen molar-refractivity contribution in [3.8, 4) is 0 Å². The zero-order chi connectivity index (χ0) is 31.4. The minimum absolute atomic E-state index is 1.28. The SMILES string of the molecule is Cc1cccc([Si](c2ccccc2)(c2ccccc2)c2ccccc2[Si](c2ccccc2)(c2ccccc2)c2cccc(C)c2)c1. The van der Waals surface area contributed by atoms with Gasteiger partial charge >= 0.3 is 0 Å². The number of aryl methyl sites for hydroxylation is 2. The number of hydrogen-bond acceptors (Lipinski definition) is 0. The molecule has 7 aromatic rings. The van der Waals surface area contributed by atoms with Crippen LogP contribution < -0.4 is 41.5 Å². The lowest BCUT2D eigenvalue weighted by atomic mass is 10.2. The summed E-state index contributed by atoms with van der Waals surface area (Å²) in [4.78, 5) is 0. The molecule has 0 heterocycles. The van der Waals surface area contributed by atoms with Gasteiger partial charge in [-0.05, 0) is 55.3 Å². The predicted octanol–water partition coefficient (Wildman–Crippen LogP) is 5.06. The molecule has 7 aromatic carbocycles. The van der Waals surface area contributed by atoms with Gasteiger partial charge in [-0.1, -0.05) is 205 Å². The summed E-state index contributed by atoms with van der Waals surface area (Å²) in [6.45, 7) is 4.45. The Morgan fingerprint density at radius 3 is 0.804 bits per heavy atom. The molecular weight excluding hydrogens is 585 g/mol. The second-order valence-corrected chi connectivity index (χ2v) is 19.8. The maximum absolute atomic E-state index is 2.86. The van der Waals surface area contributed by atoms with Crippen molar-refractivity contribution < 1.29 is 0 Å². The molecule has 0 unspecified atom stereocenters. The Morgan fingerprint density at radius 2 is 0.522 bits per heavy atom. The highest BCUT2D eigenvalue weighted by atomic mass is 28.3. The lowest BCUT2D eigenvalue weighted by Crippen LogP contribution is -2.84. The van der Waals surface area contributed by atoms with Crippen molar-refractivity contribution in [2.24, 2.45) is 0 Å². The normalized spacial score (nSPS) is 11.7. The smallest absolute Gasteiger partial charge is 0.0624 e.